The average Bonchev–Trinajstić information content (AvgIpc) is 2.25. The Hall–Kier alpha value is -1.31. The predicted molar refractivity (Wildman–Crippen MR) is 71.3 cm³/mol. The predicted octanol–water partition coefficient (Wildman–Crippen LogP) is 3.32. The molecule has 1 aliphatic rings. The number of carbonyl (C=O) groups is 1. The zero-order valence-corrected chi connectivity index (χ0v) is 11.2. The van der Waals surface area contributed by atoms with Gasteiger partial charge in [0.25, 0.3) is 0 Å². The Morgan fingerprint density at radius 3 is 2.65 bits per heavy atom. The van der Waals surface area contributed by atoms with Crippen molar-refractivity contribution in [1.82, 2.24) is 0 Å². The van der Waals surface area contributed by atoms with E-state index in [-0.39, 0.29) is 11.3 Å². The smallest absolute Gasteiger partial charge is 0.232 e. The molecule has 1 heterocycles. The molecule has 0 N–H and O–H groups in total. The zero-order chi connectivity index (χ0) is 12.6. The van der Waals surface area contributed by atoms with Crippen LogP contribution in [0.15, 0.2) is 18.2 Å². The van der Waals surface area contributed by atoms with Gasteiger partial charge < -0.3 is 4.90 Å². The summed E-state index contributed by atoms with van der Waals surface area (Å²) in [5.74, 6) is 0.224. The summed E-state index contributed by atoms with van der Waals surface area (Å²) in [5.41, 5.74) is 3.39. The monoisotopic (exact) mass is 231 g/mol. The minimum absolute atomic E-state index is 0.224. The van der Waals surface area contributed by atoms with Gasteiger partial charge in [0.05, 0.1) is 0 Å². The second-order valence-electron chi connectivity index (χ2n) is 5.94. The van der Waals surface area contributed by atoms with Gasteiger partial charge in [-0.05, 0) is 31.4 Å². The van der Waals surface area contributed by atoms with E-state index in [1.165, 1.54) is 11.1 Å². The average molecular weight is 231 g/mol. The second kappa shape index (κ2) is 4.17. The van der Waals surface area contributed by atoms with Crippen LogP contribution in [0.3, 0.4) is 0 Å². The quantitative estimate of drug-likeness (QED) is 0.670. The van der Waals surface area contributed by atoms with Gasteiger partial charge in [-0.3, -0.25) is 4.79 Å². The molecule has 0 saturated carbocycles. The van der Waals surface area contributed by atoms with E-state index >= 15 is 0 Å². The summed E-state index contributed by atoms with van der Waals surface area (Å²) in [4.78, 5) is 14.3. The standard InChI is InChI=1S/C15H21NO/c1-11-7-8-13-12(10-11)6-5-9-16(13)14(17)15(2,3)4/h7-8,10H,5-6,9H2,1-4H3. The fourth-order valence-electron chi connectivity index (χ4n) is 2.34. The van der Waals surface area contributed by atoms with Gasteiger partial charge in [0.1, 0.15) is 0 Å². The van der Waals surface area contributed by atoms with E-state index in [1.54, 1.807) is 0 Å². The van der Waals surface area contributed by atoms with E-state index in [0.29, 0.717) is 0 Å². The number of amides is 1. The molecular formula is C15H21NO. The molecule has 0 spiro atoms. The number of carbonyl (C=O) groups excluding carboxylic acids is 1. The molecule has 0 unspecified atom stereocenters. The first-order valence-electron chi connectivity index (χ1n) is 6.31. The number of nitrogens with zero attached hydrogens (tertiary/aromatic N) is 1. The van der Waals surface area contributed by atoms with E-state index < -0.39 is 0 Å². The van der Waals surface area contributed by atoms with Gasteiger partial charge in [0, 0.05) is 17.6 Å². The molecule has 0 aromatic heterocycles. The maximum atomic E-state index is 12.4. The van der Waals surface area contributed by atoms with Gasteiger partial charge in [-0.15, -0.1) is 0 Å². The number of rotatable bonds is 0. The molecule has 0 saturated heterocycles. The summed E-state index contributed by atoms with van der Waals surface area (Å²) in [6.07, 6.45) is 2.16. The van der Waals surface area contributed by atoms with Crippen LogP contribution in [-0.2, 0) is 11.2 Å². The first kappa shape index (κ1) is 12.2. The van der Waals surface area contributed by atoms with Crippen LogP contribution in [0.4, 0.5) is 5.69 Å². The molecule has 0 radical (unpaired) electrons. The first-order chi connectivity index (χ1) is 7.89. The lowest BCUT2D eigenvalue weighted by molar-refractivity contribution is -0.125. The number of anilines is 1. The summed E-state index contributed by atoms with van der Waals surface area (Å²) < 4.78 is 0. The van der Waals surface area contributed by atoms with Crippen molar-refractivity contribution in [2.24, 2.45) is 5.41 Å². The largest absolute Gasteiger partial charge is 0.312 e. The molecule has 2 rings (SSSR count). The Bertz CT molecular complexity index is 443. The highest BCUT2D eigenvalue weighted by Crippen LogP contribution is 2.31. The third-order valence-electron chi connectivity index (χ3n) is 3.24. The van der Waals surface area contributed by atoms with Gasteiger partial charge in [0.2, 0.25) is 5.91 Å². The molecule has 2 heteroatoms. The lowest BCUT2D eigenvalue weighted by atomic mass is 9.91. The highest BCUT2D eigenvalue weighted by molar-refractivity contribution is 5.97. The van der Waals surface area contributed by atoms with Crippen molar-refractivity contribution < 1.29 is 4.79 Å². The van der Waals surface area contributed by atoms with Crippen molar-refractivity contribution in [3.8, 4) is 0 Å². The molecule has 0 aliphatic carbocycles. The van der Waals surface area contributed by atoms with Crippen LogP contribution >= 0.6 is 0 Å². The van der Waals surface area contributed by atoms with Crippen LogP contribution < -0.4 is 4.90 Å². The zero-order valence-electron chi connectivity index (χ0n) is 11.2. The fourth-order valence-corrected chi connectivity index (χ4v) is 2.34. The Balaban J connectivity index is 2.39. The van der Waals surface area contributed by atoms with Crippen LogP contribution in [0.25, 0.3) is 0 Å². The van der Waals surface area contributed by atoms with Crippen molar-refractivity contribution in [1.29, 1.82) is 0 Å². The van der Waals surface area contributed by atoms with E-state index in [9.17, 15) is 4.79 Å². The molecule has 0 fully saturated rings. The Kier molecular flexibility index (Phi) is 2.98. The first-order valence-corrected chi connectivity index (χ1v) is 6.31. The summed E-state index contributed by atoms with van der Waals surface area (Å²) in [7, 11) is 0. The summed E-state index contributed by atoms with van der Waals surface area (Å²) in [6.45, 7) is 8.91. The lowest BCUT2D eigenvalue weighted by Crippen LogP contribution is -2.42. The molecule has 1 aromatic rings. The topological polar surface area (TPSA) is 20.3 Å². The Morgan fingerprint density at radius 1 is 1.29 bits per heavy atom. The maximum absolute atomic E-state index is 12.4. The molecule has 17 heavy (non-hydrogen) atoms. The number of fused-ring (bicyclic) bond motifs is 1. The van der Waals surface area contributed by atoms with Crippen molar-refractivity contribution >= 4 is 11.6 Å². The van der Waals surface area contributed by atoms with Gasteiger partial charge in [-0.1, -0.05) is 38.5 Å². The van der Waals surface area contributed by atoms with Gasteiger partial charge >= 0.3 is 0 Å². The molecule has 2 nitrogen and oxygen atoms in total. The summed E-state index contributed by atoms with van der Waals surface area (Å²) >= 11 is 0. The molecule has 92 valence electrons. The molecule has 0 bridgehead atoms. The highest BCUT2D eigenvalue weighted by atomic mass is 16.2. The number of aryl methyl sites for hydroxylation is 2. The third kappa shape index (κ3) is 2.36. The number of hydrogen-bond donors (Lipinski definition) is 0. The molecule has 1 aromatic carbocycles. The molecule has 1 amide bonds. The minimum atomic E-state index is -0.306. The lowest BCUT2D eigenvalue weighted by Gasteiger charge is -2.34. The van der Waals surface area contributed by atoms with E-state index in [2.05, 4.69) is 25.1 Å². The van der Waals surface area contributed by atoms with Crippen LogP contribution in [0.5, 0.6) is 0 Å². The van der Waals surface area contributed by atoms with Crippen LogP contribution in [0, 0.1) is 12.3 Å². The van der Waals surface area contributed by atoms with Crippen molar-refractivity contribution in [2.45, 2.75) is 40.5 Å². The van der Waals surface area contributed by atoms with Crippen LogP contribution in [0.1, 0.15) is 38.3 Å². The van der Waals surface area contributed by atoms with E-state index in [0.717, 1.165) is 25.1 Å². The van der Waals surface area contributed by atoms with Crippen molar-refractivity contribution in [3.05, 3.63) is 29.3 Å². The van der Waals surface area contributed by atoms with Gasteiger partial charge in [-0.25, -0.2) is 0 Å². The third-order valence-corrected chi connectivity index (χ3v) is 3.24. The molecule has 0 atom stereocenters. The Morgan fingerprint density at radius 2 is 2.00 bits per heavy atom. The summed E-state index contributed by atoms with van der Waals surface area (Å²) in [6, 6.07) is 6.39. The van der Waals surface area contributed by atoms with Crippen molar-refractivity contribution in [2.75, 3.05) is 11.4 Å². The normalized spacial score (nSPS) is 15.6. The molecule has 1 aliphatic heterocycles. The highest BCUT2D eigenvalue weighted by Gasteiger charge is 2.30. The van der Waals surface area contributed by atoms with E-state index in [4.69, 9.17) is 0 Å². The van der Waals surface area contributed by atoms with Crippen LogP contribution in [0.2, 0.25) is 0 Å². The number of benzene rings is 1. The van der Waals surface area contributed by atoms with E-state index in [1.807, 2.05) is 25.7 Å². The fraction of sp³-hybridized carbons (Fsp3) is 0.533. The molecular weight excluding hydrogens is 210 g/mol. The minimum Gasteiger partial charge on any atom is -0.312 e. The SMILES string of the molecule is Cc1ccc2c(c1)CCCN2C(=O)C(C)(C)C. The summed E-state index contributed by atoms with van der Waals surface area (Å²) in [5, 5.41) is 0. The second-order valence-corrected chi connectivity index (χ2v) is 5.94. The van der Waals surface area contributed by atoms with Crippen LogP contribution in [-0.4, -0.2) is 12.5 Å². The number of hydrogen-bond acceptors (Lipinski definition) is 1. The Labute approximate surface area is 104 Å². The van der Waals surface area contributed by atoms with Crippen molar-refractivity contribution in [3.63, 3.8) is 0 Å². The van der Waals surface area contributed by atoms with Gasteiger partial charge in [0.15, 0.2) is 0 Å². The maximum Gasteiger partial charge on any atom is 0.232 e. The van der Waals surface area contributed by atoms with Gasteiger partial charge in [-0.2, -0.15) is 0 Å².